The number of rotatable bonds is 4. The molecule has 2 N–H and O–H groups in total. The minimum absolute atomic E-state index is 0.0234. The molecule has 0 radical (unpaired) electrons. The molecule has 0 saturated heterocycles. The van der Waals surface area contributed by atoms with Crippen LogP contribution < -0.4 is 5.32 Å². The number of aromatic nitrogens is 3. The van der Waals surface area contributed by atoms with E-state index in [1.165, 1.54) is 12.3 Å². The minimum Gasteiger partial charge on any atom is -0.360 e. The molecule has 0 fully saturated rings. The predicted octanol–water partition coefficient (Wildman–Crippen LogP) is 1.20. The Labute approximate surface area is 101 Å². The summed E-state index contributed by atoms with van der Waals surface area (Å²) in [7, 11) is 0. The van der Waals surface area contributed by atoms with E-state index in [-0.39, 0.29) is 17.1 Å². The van der Waals surface area contributed by atoms with Gasteiger partial charge in [0, 0.05) is 24.5 Å². The molecule has 0 amide bonds. The predicted molar refractivity (Wildman–Crippen MR) is 61.5 cm³/mol. The molecule has 0 aliphatic carbocycles. The molecule has 0 saturated carbocycles. The van der Waals surface area contributed by atoms with Crippen LogP contribution in [0.4, 0.5) is 11.5 Å². The van der Waals surface area contributed by atoms with Crippen molar-refractivity contribution in [1.82, 2.24) is 15.2 Å². The number of hydrogen-bond acceptors (Lipinski definition) is 6. The number of anilines is 1. The molecule has 0 bridgehead atoms. The average Bonchev–Trinajstić information content (AvgIpc) is 2.88. The maximum absolute atomic E-state index is 10.9. The van der Waals surface area contributed by atoms with E-state index in [4.69, 9.17) is 5.26 Å². The lowest BCUT2D eigenvalue weighted by Gasteiger charge is -2.04. The van der Waals surface area contributed by atoms with Crippen molar-refractivity contribution in [2.45, 2.75) is 6.54 Å². The molecule has 8 nitrogen and oxygen atoms in total. The van der Waals surface area contributed by atoms with Gasteiger partial charge in [0.25, 0.3) is 0 Å². The van der Waals surface area contributed by atoms with Gasteiger partial charge < -0.3 is 5.32 Å². The molecule has 8 heteroatoms. The molecule has 18 heavy (non-hydrogen) atoms. The number of pyridine rings is 1. The quantitative estimate of drug-likeness (QED) is 0.615. The lowest BCUT2D eigenvalue weighted by molar-refractivity contribution is -0.384. The summed E-state index contributed by atoms with van der Waals surface area (Å²) in [6, 6.07) is 3.08. The topological polar surface area (TPSA) is 121 Å². The van der Waals surface area contributed by atoms with Crippen LogP contribution in [0.15, 0.2) is 24.7 Å². The largest absolute Gasteiger partial charge is 0.360 e. The summed E-state index contributed by atoms with van der Waals surface area (Å²) in [5.41, 5.74) is 0.488. The van der Waals surface area contributed by atoms with E-state index in [1.807, 2.05) is 0 Å². The first kappa shape index (κ1) is 11.5. The first-order chi connectivity index (χ1) is 8.72. The summed E-state index contributed by atoms with van der Waals surface area (Å²) in [5, 5.41) is 28.9. The highest BCUT2D eigenvalue weighted by molar-refractivity contribution is 5.64. The van der Waals surface area contributed by atoms with Crippen LogP contribution in [0.1, 0.15) is 11.1 Å². The molecule has 0 aromatic carbocycles. The highest BCUT2D eigenvalue weighted by atomic mass is 16.6. The SMILES string of the molecule is N#Cc1ccnc(NCc2cn[nH]c2)c1[N+](=O)[O-]. The number of hydrogen-bond donors (Lipinski definition) is 2. The normalized spacial score (nSPS) is 9.72. The van der Waals surface area contributed by atoms with Gasteiger partial charge in [-0.05, 0) is 6.07 Å². The van der Waals surface area contributed by atoms with Gasteiger partial charge in [0.1, 0.15) is 11.6 Å². The molecule has 0 atom stereocenters. The molecule has 2 aromatic rings. The third-order valence-electron chi connectivity index (χ3n) is 2.24. The van der Waals surface area contributed by atoms with Crippen molar-refractivity contribution in [3.63, 3.8) is 0 Å². The van der Waals surface area contributed by atoms with E-state index in [0.29, 0.717) is 6.54 Å². The number of aromatic amines is 1. The second-order valence-electron chi connectivity index (χ2n) is 3.38. The van der Waals surface area contributed by atoms with E-state index in [9.17, 15) is 10.1 Å². The van der Waals surface area contributed by atoms with Crippen LogP contribution in [0.2, 0.25) is 0 Å². The maximum Gasteiger partial charge on any atom is 0.328 e. The van der Waals surface area contributed by atoms with Gasteiger partial charge in [-0.1, -0.05) is 0 Å². The van der Waals surface area contributed by atoms with Gasteiger partial charge in [0.2, 0.25) is 5.82 Å². The third kappa shape index (κ3) is 2.25. The fraction of sp³-hybridized carbons (Fsp3) is 0.100. The Morgan fingerprint density at radius 1 is 1.61 bits per heavy atom. The summed E-state index contributed by atoms with van der Waals surface area (Å²) in [4.78, 5) is 14.2. The summed E-state index contributed by atoms with van der Waals surface area (Å²) >= 11 is 0. The van der Waals surface area contributed by atoms with E-state index in [0.717, 1.165) is 5.56 Å². The van der Waals surface area contributed by atoms with Crippen molar-refractivity contribution in [2.24, 2.45) is 0 Å². The Kier molecular flexibility index (Phi) is 3.15. The summed E-state index contributed by atoms with van der Waals surface area (Å²) < 4.78 is 0. The second kappa shape index (κ2) is 4.92. The summed E-state index contributed by atoms with van der Waals surface area (Å²) in [5.74, 6) is 0.0697. The van der Waals surface area contributed by atoms with Crippen molar-refractivity contribution < 1.29 is 4.92 Å². The van der Waals surface area contributed by atoms with Crippen molar-refractivity contribution in [1.29, 1.82) is 5.26 Å². The van der Waals surface area contributed by atoms with Gasteiger partial charge >= 0.3 is 5.69 Å². The second-order valence-corrected chi connectivity index (χ2v) is 3.38. The molecule has 2 heterocycles. The Hall–Kier alpha value is -2.95. The van der Waals surface area contributed by atoms with Crippen molar-refractivity contribution >= 4 is 11.5 Å². The highest BCUT2D eigenvalue weighted by Gasteiger charge is 2.20. The van der Waals surface area contributed by atoms with Crippen molar-refractivity contribution in [2.75, 3.05) is 5.32 Å². The van der Waals surface area contributed by atoms with Crippen LogP contribution >= 0.6 is 0 Å². The summed E-state index contributed by atoms with van der Waals surface area (Å²) in [6.45, 7) is 0.333. The third-order valence-corrected chi connectivity index (χ3v) is 2.24. The van der Waals surface area contributed by atoms with Crippen LogP contribution in [0, 0.1) is 21.4 Å². The van der Waals surface area contributed by atoms with Crippen LogP contribution in [0.3, 0.4) is 0 Å². The zero-order valence-corrected chi connectivity index (χ0v) is 9.12. The number of H-pyrrole nitrogens is 1. The standard InChI is InChI=1S/C10H8N6O2/c11-3-8-1-2-12-10(9(8)16(17)18)13-4-7-5-14-15-6-7/h1-2,5-6H,4H2,(H,12,13)(H,14,15). The Morgan fingerprint density at radius 2 is 2.44 bits per heavy atom. The summed E-state index contributed by atoms with van der Waals surface area (Å²) in [6.07, 6.45) is 4.60. The zero-order chi connectivity index (χ0) is 13.0. The van der Waals surface area contributed by atoms with Gasteiger partial charge in [0.15, 0.2) is 0 Å². The van der Waals surface area contributed by atoms with Gasteiger partial charge in [0.05, 0.1) is 11.1 Å². The fourth-order valence-corrected chi connectivity index (χ4v) is 1.42. The first-order valence-corrected chi connectivity index (χ1v) is 4.97. The number of nitriles is 1. The molecule has 0 aliphatic rings. The zero-order valence-electron chi connectivity index (χ0n) is 9.12. The Morgan fingerprint density at radius 3 is 3.06 bits per heavy atom. The van der Waals surface area contributed by atoms with Crippen molar-refractivity contribution in [3.05, 3.63) is 45.9 Å². The van der Waals surface area contributed by atoms with Crippen LogP contribution in [-0.4, -0.2) is 20.1 Å². The van der Waals surface area contributed by atoms with Gasteiger partial charge in [-0.15, -0.1) is 0 Å². The minimum atomic E-state index is -0.622. The smallest absolute Gasteiger partial charge is 0.328 e. The molecule has 0 spiro atoms. The molecular weight excluding hydrogens is 236 g/mol. The monoisotopic (exact) mass is 244 g/mol. The van der Waals surface area contributed by atoms with E-state index >= 15 is 0 Å². The van der Waals surface area contributed by atoms with E-state index in [2.05, 4.69) is 20.5 Å². The Balaban J connectivity index is 2.27. The molecule has 0 aliphatic heterocycles. The van der Waals surface area contributed by atoms with Crippen LogP contribution in [0.25, 0.3) is 0 Å². The van der Waals surface area contributed by atoms with Crippen LogP contribution in [0.5, 0.6) is 0 Å². The first-order valence-electron chi connectivity index (χ1n) is 4.97. The number of nitro groups is 1. The lowest BCUT2D eigenvalue weighted by Crippen LogP contribution is -2.05. The molecule has 90 valence electrons. The lowest BCUT2D eigenvalue weighted by atomic mass is 10.2. The highest BCUT2D eigenvalue weighted by Crippen LogP contribution is 2.25. The molecule has 2 aromatic heterocycles. The number of nitrogens with one attached hydrogen (secondary N) is 2. The average molecular weight is 244 g/mol. The van der Waals surface area contributed by atoms with Gasteiger partial charge in [-0.2, -0.15) is 10.4 Å². The van der Waals surface area contributed by atoms with Crippen LogP contribution in [-0.2, 0) is 6.54 Å². The van der Waals surface area contributed by atoms with Gasteiger partial charge in [-0.25, -0.2) is 4.98 Å². The van der Waals surface area contributed by atoms with Gasteiger partial charge in [-0.3, -0.25) is 15.2 Å². The van der Waals surface area contributed by atoms with E-state index in [1.54, 1.807) is 18.5 Å². The number of nitrogens with zero attached hydrogens (tertiary/aromatic N) is 4. The molecule has 2 rings (SSSR count). The molecular formula is C10H8N6O2. The maximum atomic E-state index is 10.9. The van der Waals surface area contributed by atoms with E-state index < -0.39 is 4.92 Å². The van der Waals surface area contributed by atoms with Crippen molar-refractivity contribution in [3.8, 4) is 6.07 Å². The molecule has 0 unspecified atom stereocenters. The fourth-order valence-electron chi connectivity index (χ4n) is 1.42. The Bertz CT molecular complexity index is 601.